The van der Waals surface area contributed by atoms with Gasteiger partial charge in [0, 0.05) is 25.2 Å². The number of amides is 2. The number of likely N-dealkylation sites (tertiary alicyclic amines) is 1. The van der Waals surface area contributed by atoms with E-state index in [-0.39, 0.29) is 18.4 Å². The van der Waals surface area contributed by atoms with E-state index < -0.39 is 11.5 Å². The van der Waals surface area contributed by atoms with E-state index in [1.54, 1.807) is 24.0 Å². The summed E-state index contributed by atoms with van der Waals surface area (Å²) in [5, 5.41) is 13.9. The predicted octanol–water partition coefficient (Wildman–Crippen LogP) is 3.01. The van der Waals surface area contributed by atoms with Crippen LogP contribution in [-0.4, -0.2) is 47.6 Å². The Labute approximate surface area is 168 Å². The van der Waals surface area contributed by atoms with E-state index in [2.05, 4.69) is 5.32 Å². The van der Waals surface area contributed by atoms with Gasteiger partial charge in [-0.1, -0.05) is 23.7 Å². The zero-order valence-corrected chi connectivity index (χ0v) is 16.5. The zero-order valence-electron chi connectivity index (χ0n) is 15.7. The molecule has 1 aromatic carbocycles. The number of aliphatic hydroxyl groups excluding tert-OH is 1. The number of carbonyl (C=O) groups is 2. The number of rotatable bonds is 2. The lowest BCUT2D eigenvalue weighted by molar-refractivity contribution is -0.147. The molecule has 4 rings (SSSR count). The molecule has 3 heterocycles. The maximum absolute atomic E-state index is 13.2. The molecule has 0 aliphatic carbocycles. The zero-order chi connectivity index (χ0) is 19.9. The van der Waals surface area contributed by atoms with Gasteiger partial charge in [0.25, 0.3) is 5.91 Å². The molecule has 7 heteroatoms. The van der Waals surface area contributed by atoms with Gasteiger partial charge in [-0.15, -0.1) is 0 Å². The average molecular weight is 403 g/mol. The summed E-state index contributed by atoms with van der Waals surface area (Å²) in [6.45, 7) is 2.98. The number of carbonyl (C=O) groups excluding carboxylic acids is 2. The van der Waals surface area contributed by atoms with Gasteiger partial charge in [0.05, 0.1) is 22.1 Å². The molecule has 2 saturated heterocycles. The van der Waals surface area contributed by atoms with E-state index in [0.717, 1.165) is 12.0 Å². The van der Waals surface area contributed by atoms with Crippen LogP contribution in [0.5, 0.6) is 0 Å². The van der Waals surface area contributed by atoms with Crippen LogP contribution in [0.3, 0.4) is 0 Å². The Morgan fingerprint density at radius 3 is 2.93 bits per heavy atom. The number of hydrogen-bond acceptors (Lipinski definition) is 4. The normalized spacial score (nSPS) is 25.0. The van der Waals surface area contributed by atoms with Gasteiger partial charge in [-0.3, -0.25) is 9.59 Å². The van der Waals surface area contributed by atoms with Crippen LogP contribution >= 0.6 is 11.6 Å². The summed E-state index contributed by atoms with van der Waals surface area (Å²) in [5.41, 5.74) is 0.260. The minimum absolute atomic E-state index is 0.163. The van der Waals surface area contributed by atoms with Crippen LogP contribution in [-0.2, 0) is 4.79 Å². The van der Waals surface area contributed by atoms with Crippen molar-refractivity contribution in [3.05, 3.63) is 46.7 Å². The molecule has 0 radical (unpaired) electrons. The largest absolute Gasteiger partial charge is 0.460 e. The number of halogens is 1. The summed E-state index contributed by atoms with van der Waals surface area (Å²) in [7, 11) is 0. The maximum Gasteiger partial charge on any atom is 0.257 e. The standard InChI is InChI=1S/C21H23ClN2O4/c1-13-15(11-17(28-13)14-5-2-3-6-16(14)22)19(26)24-10-7-18(25)21(12-24)8-4-9-23-20(21)27/h2-3,5-6,11,18,25H,4,7-10,12H2,1H3,(H,23,27)/t18-,21+/m0/s1. The topological polar surface area (TPSA) is 82.8 Å². The number of aliphatic hydroxyl groups is 1. The molecule has 0 bridgehead atoms. The Morgan fingerprint density at radius 2 is 2.18 bits per heavy atom. The number of benzene rings is 1. The molecule has 2 aliphatic heterocycles. The monoisotopic (exact) mass is 402 g/mol. The fraction of sp³-hybridized carbons (Fsp3) is 0.429. The van der Waals surface area contributed by atoms with Crippen molar-refractivity contribution >= 4 is 23.4 Å². The van der Waals surface area contributed by atoms with Crippen molar-refractivity contribution in [1.82, 2.24) is 10.2 Å². The van der Waals surface area contributed by atoms with E-state index in [9.17, 15) is 14.7 Å². The Hall–Kier alpha value is -2.31. The van der Waals surface area contributed by atoms with Crippen molar-refractivity contribution in [2.24, 2.45) is 5.41 Å². The third kappa shape index (κ3) is 3.10. The molecule has 2 N–H and O–H groups in total. The molecular weight excluding hydrogens is 380 g/mol. The van der Waals surface area contributed by atoms with E-state index >= 15 is 0 Å². The number of hydrogen-bond donors (Lipinski definition) is 2. The molecule has 2 amide bonds. The van der Waals surface area contributed by atoms with Gasteiger partial charge < -0.3 is 19.7 Å². The Morgan fingerprint density at radius 1 is 1.39 bits per heavy atom. The smallest absolute Gasteiger partial charge is 0.257 e. The highest BCUT2D eigenvalue weighted by atomic mass is 35.5. The molecule has 2 fully saturated rings. The first-order chi connectivity index (χ1) is 13.4. The first kappa shape index (κ1) is 19.0. The molecular formula is C21H23ClN2O4. The van der Waals surface area contributed by atoms with Gasteiger partial charge in [0.15, 0.2) is 0 Å². The Kier molecular flexibility index (Phi) is 4.93. The molecule has 0 unspecified atom stereocenters. The van der Waals surface area contributed by atoms with Crippen molar-refractivity contribution < 1.29 is 19.1 Å². The molecule has 2 aromatic rings. The van der Waals surface area contributed by atoms with Crippen LogP contribution in [0, 0.1) is 12.3 Å². The van der Waals surface area contributed by atoms with Gasteiger partial charge in [-0.25, -0.2) is 0 Å². The van der Waals surface area contributed by atoms with E-state index in [1.807, 2.05) is 18.2 Å². The van der Waals surface area contributed by atoms with Gasteiger partial charge >= 0.3 is 0 Å². The molecule has 2 atom stereocenters. The summed E-state index contributed by atoms with van der Waals surface area (Å²) in [5.74, 6) is 0.690. The fourth-order valence-electron chi connectivity index (χ4n) is 4.28. The second kappa shape index (κ2) is 7.26. The number of furan rings is 1. The number of aryl methyl sites for hydroxylation is 1. The maximum atomic E-state index is 13.2. The fourth-order valence-corrected chi connectivity index (χ4v) is 4.50. The van der Waals surface area contributed by atoms with Crippen molar-refractivity contribution in [3.8, 4) is 11.3 Å². The number of nitrogens with zero attached hydrogens (tertiary/aromatic N) is 1. The molecule has 28 heavy (non-hydrogen) atoms. The van der Waals surface area contributed by atoms with Crippen LogP contribution in [0.2, 0.25) is 5.02 Å². The first-order valence-corrected chi connectivity index (χ1v) is 9.91. The number of nitrogens with one attached hydrogen (secondary N) is 1. The van der Waals surface area contributed by atoms with Crippen LogP contribution in [0.15, 0.2) is 34.7 Å². The minimum atomic E-state index is -0.921. The van der Waals surface area contributed by atoms with E-state index in [0.29, 0.717) is 48.0 Å². The Balaban J connectivity index is 1.61. The van der Waals surface area contributed by atoms with Gasteiger partial charge in [-0.05, 0) is 44.4 Å². The van der Waals surface area contributed by atoms with Gasteiger partial charge in [-0.2, -0.15) is 0 Å². The second-order valence-corrected chi connectivity index (χ2v) is 8.01. The van der Waals surface area contributed by atoms with E-state index in [4.69, 9.17) is 16.0 Å². The lowest BCUT2D eigenvalue weighted by atomic mass is 9.71. The average Bonchev–Trinajstić information content (AvgIpc) is 3.07. The molecule has 6 nitrogen and oxygen atoms in total. The summed E-state index contributed by atoms with van der Waals surface area (Å²) in [6.07, 6.45) is 1.03. The first-order valence-electron chi connectivity index (χ1n) is 9.53. The number of piperidine rings is 2. The summed E-state index contributed by atoms with van der Waals surface area (Å²) >= 11 is 6.25. The third-order valence-corrected chi connectivity index (χ3v) is 6.23. The predicted molar refractivity (Wildman–Crippen MR) is 105 cm³/mol. The lowest BCUT2D eigenvalue weighted by Gasteiger charge is -2.46. The van der Waals surface area contributed by atoms with Crippen molar-refractivity contribution in [1.29, 1.82) is 0 Å². The van der Waals surface area contributed by atoms with E-state index in [1.165, 1.54) is 0 Å². The van der Waals surface area contributed by atoms with Gasteiger partial charge in [0.1, 0.15) is 11.5 Å². The molecule has 148 valence electrons. The molecule has 2 aliphatic rings. The third-order valence-electron chi connectivity index (χ3n) is 5.90. The summed E-state index contributed by atoms with van der Waals surface area (Å²) in [6, 6.07) is 9.01. The molecule has 0 saturated carbocycles. The minimum Gasteiger partial charge on any atom is -0.460 e. The van der Waals surface area contributed by atoms with Crippen LogP contribution in [0.25, 0.3) is 11.3 Å². The summed E-state index contributed by atoms with van der Waals surface area (Å²) in [4.78, 5) is 27.4. The van der Waals surface area contributed by atoms with Gasteiger partial charge in [0.2, 0.25) is 5.91 Å². The van der Waals surface area contributed by atoms with Crippen LogP contribution < -0.4 is 5.32 Å². The summed E-state index contributed by atoms with van der Waals surface area (Å²) < 4.78 is 5.81. The highest BCUT2D eigenvalue weighted by Crippen LogP contribution is 2.38. The van der Waals surface area contributed by atoms with Crippen LogP contribution in [0.4, 0.5) is 0 Å². The molecule has 1 spiro atoms. The Bertz CT molecular complexity index is 925. The quantitative estimate of drug-likeness (QED) is 0.808. The van der Waals surface area contributed by atoms with Crippen molar-refractivity contribution in [2.45, 2.75) is 32.3 Å². The van der Waals surface area contributed by atoms with Crippen molar-refractivity contribution in [3.63, 3.8) is 0 Å². The van der Waals surface area contributed by atoms with Crippen LogP contribution in [0.1, 0.15) is 35.4 Å². The SMILES string of the molecule is Cc1oc(-c2ccccc2Cl)cc1C(=O)N1CC[C@H](O)[C@@]2(CCCNC2=O)C1. The lowest BCUT2D eigenvalue weighted by Crippen LogP contribution is -2.62. The highest BCUT2D eigenvalue weighted by molar-refractivity contribution is 6.33. The second-order valence-electron chi connectivity index (χ2n) is 7.61. The molecule has 1 aromatic heterocycles. The van der Waals surface area contributed by atoms with Crippen molar-refractivity contribution in [2.75, 3.05) is 19.6 Å². The highest BCUT2D eigenvalue weighted by Gasteiger charge is 2.50.